The first-order valence-electron chi connectivity index (χ1n) is 1.93. The Morgan fingerprint density at radius 3 is 2.62 bits per heavy atom. The van der Waals surface area contributed by atoms with Crippen molar-refractivity contribution in [3.8, 4) is 0 Å². The Balaban J connectivity index is 3.38. The summed E-state index contributed by atoms with van der Waals surface area (Å²) in [6.07, 6.45) is -1.25. The molecule has 1 unspecified atom stereocenters. The molecule has 0 aromatic carbocycles. The highest BCUT2D eigenvalue weighted by atomic mass is 16.6. The predicted octanol–water partition coefficient (Wildman–Crippen LogP) is -0.414. The fourth-order valence-electron chi connectivity index (χ4n) is 0.167. The van der Waals surface area contributed by atoms with E-state index < -0.39 is 12.4 Å². The Kier molecular flexibility index (Phi) is 2.64. The average Bonchev–Trinajstić information content (AvgIpc) is 1.65. The predicted molar refractivity (Wildman–Crippen MR) is 26.9 cm³/mol. The van der Waals surface area contributed by atoms with Crippen LogP contribution in [-0.4, -0.2) is 17.5 Å². The topological polar surface area (TPSA) is 72.6 Å². The second-order valence-corrected chi connectivity index (χ2v) is 1.06. The van der Waals surface area contributed by atoms with Gasteiger partial charge in [0.05, 0.1) is 0 Å². The lowest BCUT2D eigenvalue weighted by Gasteiger charge is -2.01. The summed E-state index contributed by atoms with van der Waals surface area (Å²) in [7, 11) is 0. The summed E-state index contributed by atoms with van der Waals surface area (Å²) < 4.78 is 3.98. The monoisotopic (exact) mass is 117 g/mol. The lowest BCUT2D eigenvalue weighted by atomic mass is 10.6. The molecular formula is C4H7NO3. The molecule has 4 heteroatoms. The molecule has 3 N–H and O–H groups in total. The van der Waals surface area contributed by atoms with Crippen LogP contribution in [0.25, 0.3) is 0 Å². The first kappa shape index (κ1) is 6.97. The van der Waals surface area contributed by atoms with Crippen molar-refractivity contribution in [1.82, 2.24) is 0 Å². The highest BCUT2D eigenvalue weighted by Gasteiger charge is 1.98. The van der Waals surface area contributed by atoms with Gasteiger partial charge in [0, 0.05) is 0 Å². The minimum absolute atomic E-state index is 1.02. The van der Waals surface area contributed by atoms with Gasteiger partial charge in [-0.25, -0.2) is 4.79 Å². The molecule has 0 fully saturated rings. The zero-order valence-corrected chi connectivity index (χ0v) is 4.20. The number of carbonyl (C=O) groups excluding carboxylic acids is 1. The number of hydrogen-bond donors (Lipinski definition) is 2. The van der Waals surface area contributed by atoms with Crippen LogP contribution >= 0.6 is 0 Å². The highest BCUT2D eigenvalue weighted by molar-refractivity contribution is 5.64. The van der Waals surface area contributed by atoms with Gasteiger partial charge < -0.3 is 15.6 Å². The van der Waals surface area contributed by atoms with E-state index in [4.69, 9.17) is 5.11 Å². The third-order valence-corrected chi connectivity index (χ3v) is 0.439. The van der Waals surface area contributed by atoms with Gasteiger partial charge in [-0.15, -0.1) is 0 Å². The van der Waals surface area contributed by atoms with Gasteiger partial charge in [0.2, 0.25) is 6.29 Å². The number of aliphatic hydroxyl groups is 1. The Labute approximate surface area is 46.6 Å². The van der Waals surface area contributed by atoms with Crippen molar-refractivity contribution in [3.63, 3.8) is 0 Å². The molecule has 0 aromatic heterocycles. The smallest absolute Gasteiger partial charge is 0.407 e. The van der Waals surface area contributed by atoms with E-state index in [1.807, 2.05) is 0 Å². The third kappa shape index (κ3) is 3.17. The van der Waals surface area contributed by atoms with Crippen molar-refractivity contribution in [1.29, 1.82) is 0 Å². The number of hydrogen-bond acceptors (Lipinski definition) is 3. The van der Waals surface area contributed by atoms with Crippen LogP contribution in [0.3, 0.4) is 0 Å². The summed E-state index contributed by atoms with van der Waals surface area (Å²) in [5.41, 5.74) is 4.50. The number of aliphatic hydroxyl groups excluding tert-OH is 1. The number of nitrogens with two attached hydrogens (primary N) is 1. The van der Waals surface area contributed by atoms with Gasteiger partial charge in [-0.05, 0) is 6.08 Å². The molecule has 0 spiro atoms. The molecule has 0 saturated carbocycles. The molecule has 0 aliphatic carbocycles. The summed E-state index contributed by atoms with van der Waals surface area (Å²) in [5, 5.41) is 8.39. The Hall–Kier alpha value is -1.03. The summed E-state index contributed by atoms with van der Waals surface area (Å²) in [4.78, 5) is 9.76. The van der Waals surface area contributed by atoms with Gasteiger partial charge in [0.25, 0.3) is 0 Å². The molecule has 0 saturated heterocycles. The Morgan fingerprint density at radius 2 is 2.50 bits per heavy atom. The number of rotatable bonds is 2. The second-order valence-electron chi connectivity index (χ2n) is 1.06. The fourth-order valence-corrected chi connectivity index (χ4v) is 0.167. The van der Waals surface area contributed by atoms with E-state index in [0.29, 0.717) is 0 Å². The minimum Gasteiger partial charge on any atom is -0.416 e. The van der Waals surface area contributed by atoms with E-state index in [9.17, 15) is 4.79 Å². The SMILES string of the molecule is C=CC(O)OC(N)=O. The van der Waals surface area contributed by atoms with Crippen molar-refractivity contribution in [2.45, 2.75) is 6.29 Å². The molecule has 0 bridgehead atoms. The van der Waals surface area contributed by atoms with E-state index in [0.717, 1.165) is 6.08 Å². The van der Waals surface area contributed by atoms with Crippen LogP contribution in [0.2, 0.25) is 0 Å². The lowest BCUT2D eigenvalue weighted by molar-refractivity contribution is -0.0113. The van der Waals surface area contributed by atoms with Crippen LogP contribution in [0.5, 0.6) is 0 Å². The van der Waals surface area contributed by atoms with E-state index in [-0.39, 0.29) is 0 Å². The molecule has 8 heavy (non-hydrogen) atoms. The van der Waals surface area contributed by atoms with Gasteiger partial charge in [-0.3, -0.25) is 0 Å². The van der Waals surface area contributed by atoms with Gasteiger partial charge >= 0.3 is 6.09 Å². The summed E-state index contributed by atoms with van der Waals surface area (Å²) in [6, 6.07) is 0. The van der Waals surface area contributed by atoms with E-state index >= 15 is 0 Å². The molecule has 0 aliphatic rings. The molecule has 46 valence electrons. The number of primary amides is 1. The van der Waals surface area contributed by atoms with E-state index in [1.54, 1.807) is 0 Å². The number of carbonyl (C=O) groups is 1. The third-order valence-electron chi connectivity index (χ3n) is 0.439. The number of amides is 1. The van der Waals surface area contributed by atoms with Crippen LogP contribution in [-0.2, 0) is 4.74 Å². The van der Waals surface area contributed by atoms with Gasteiger partial charge in [-0.2, -0.15) is 0 Å². The van der Waals surface area contributed by atoms with E-state index in [1.165, 1.54) is 0 Å². The van der Waals surface area contributed by atoms with Crippen LogP contribution in [0.4, 0.5) is 4.79 Å². The molecule has 0 heterocycles. The minimum atomic E-state index is -1.28. The van der Waals surface area contributed by atoms with Crippen LogP contribution in [0.1, 0.15) is 0 Å². The molecule has 1 amide bonds. The highest BCUT2D eigenvalue weighted by Crippen LogP contribution is 1.84. The number of ether oxygens (including phenoxy) is 1. The maximum absolute atomic E-state index is 9.76. The van der Waals surface area contributed by atoms with Gasteiger partial charge in [0.15, 0.2) is 0 Å². The Bertz CT molecular complexity index is 101. The van der Waals surface area contributed by atoms with Crippen molar-refractivity contribution in [3.05, 3.63) is 12.7 Å². The van der Waals surface area contributed by atoms with Crippen LogP contribution in [0.15, 0.2) is 12.7 Å². The largest absolute Gasteiger partial charge is 0.416 e. The lowest BCUT2D eigenvalue weighted by Crippen LogP contribution is -2.20. The molecule has 4 nitrogen and oxygen atoms in total. The normalized spacial score (nSPS) is 12.1. The summed E-state index contributed by atoms with van der Waals surface area (Å²) in [6.45, 7) is 3.13. The Morgan fingerprint density at radius 1 is 2.00 bits per heavy atom. The quantitative estimate of drug-likeness (QED) is 0.381. The first-order valence-corrected chi connectivity index (χ1v) is 1.93. The standard InChI is InChI=1S/C4H7NO3/c1-2-3(6)8-4(5)7/h2-3,6H,1H2,(H2,5,7). The summed E-state index contributed by atoms with van der Waals surface area (Å²) >= 11 is 0. The second kappa shape index (κ2) is 3.04. The van der Waals surface area contributed by atoms with Gasteiger partial charge in [-0.1, -0.05) is 6.58 Å². The molecular weight excluding hydrogens is 110 g/mol. The summed E-state index contributed by atoms with van der Waals surface area (Å²) in [5.74, 6) is 0. The van der Waals surface area contributed by atoms with Crippen molar-refractivity contribution in [2.75, 3.05) is 0 Å². The van der Waals surface area contributed by atoms with Crippen LogP contribution < -0.4 is 5.73 Å². The zero-order chi connectivity index (χ0) is 6.57. The molecule has 1 atom stereocenters. The van der Waals surface area contributed by atoms with Crippen molar-refractivity contribution in [2.24, 2.45) is 5.73 Å². The molecule has 0 aliphatic heterocycles. The average molecular weight is 117 g/mol. The maximum atomic E-state index is 9.76. The zero-order valence-electron chi connectivity index (χ0n) is 4.20. The van der Waals surface area contributed by atoms with Crippen LogP contribution in [0, 0.1) is 0 Å². The van der Waals surface area contributed by atoms with Gasteiger partial charge in [0.1, 0.15) is 0 Å². The van der Waals surface area contributed by atoms with E-state index in [2.05, 4.69) is 17.0 Å². The molecule has 0 radical (unpaired) electrons. The molecule has 0 rings (SSSR count). The first-order chi connectivity index (χ1) is 3.66. The molecule has 0 aromatic rings. The fraction of sp³-hybridized carbons (Fsp3) is 0.250. The maximum Gasteiger partial charge on any atom is 0.407 e. The van der Waals surface area contributed by atoms with Crippen molar-refractivity contribution >= 4 is 6.09 Å². The van der Waals surface area contributed by atoms with Crippen molar-refractivity contribution < 1.29 is 14.6 Å².